The number of hydrogen-bond donors (Lipinski definition) is 1. The van der Waals surface area contributed by atoms with Gasteiger partial charge in [-0.05, 0) is 19.9 Å². The molecular formula is C16H12ClN3O6. The third-order valence-corrected chi connectivity index (χ3v) is 3.62. The number of benzene rings is 1. The van der Waals surface area contributed by atoms with E-state index in [4.69, 9.17) is 20.8 Å². The van der Waals surface area contributed by atoms with Crippen molar-refractivity contribution in [3.63, 3.8) is 0 Å². The normalized spacial score (nSPS) is 10.1. The summed E-state index contributed by atoms with van der Waals surface area (Å²) in [5.41, 5.74) is -0.609. The molecule has 0 atom stereocenters. The first-order valence-electron chi connectivity index (χ1n) is 7.26. The van der Waals surface area contributed by atoms with Gasteiger partial charge in [-0.1, -0.05) is 11.6 Å². The predicted octanol–water partition coefficient (Wildman–Crippen LogP) is 3.45. The molecule has 0 aliphatic rings. The number of nitrogens with zero attached hydrogens (tertiary/aromatic N) is 2. The highest BCUT2D eigenvalue weighted by Crippen LogP contribution is 2.29. The zero-order valence-electron chi connectivity index (χ0n) is 13.7. The molecule has 0 spiro atoms. The second kappa shape index (κ2) is 7.67. The number of nitro groups is 1. The van der Waals surface area contributed by atoms with Crippen molar-refractivity contribution in [1.82, 2.24) is 0 Å². The number of carbonyl (C=O) groups excluding carboxylic acids is 2. The Bertz CT molecular complexity index is 944. The summed E-state index contributed by atoms with van der Waals surface area (Å²) in [4.78, 5) is 34.4. The van der Waals surface area contributed by atoms with E-state index >= 15 is 0 Å². The Morgan fingerprint density at radius 3 is 2.69 bits per heavy atom. The molecule has 0 saturated carbocycles. The van der Waals surface area contributed by atoms with Gasteiger partial charge in [-0.3, -0.25) is 20.2 Å². The Balaban J connectivity index is 2.36. The average molecular weight is 378 g/mol. The standard InChI is InChI=1S/C16H12ClN3O6/c1-3-25-16(22)13-8(2)26-15(11(13)7-18)19-14(21)10-5-4-9(20(23)24)6-12(10)17/h4-6H,3H2,1-2H3,(H,19,21). The molecule has 0 aliphatic carbocycles. The fourth-order valence-corrected chi connectivity index (χ4v) is 2.42. The smallest absolute Gasteiger partial charge is 0.343 e. The number of nitro benzene ring substituents is 1. The van der Waals surface area contributed by atoms with Crippen LogP contribution in [0.4, 0.5) is 11.6 Å². The molecule has 2 aromatic rings. The van der Waals surface area contributed by atoms with Gasteiger partial charge in [-0.2, -0.15) is 5.26 Å². The molecule has 0 bridgehead atoms. The van der Waals surface area contributed by atoms with E-state index < -0.39 is 16.8 Å². The van der Waals surface area contributed by atoms with Crippen molar-refractivity contribution in [1.29, 1.82) is 5.26 Å². The van der Waals surface area contributed by atoms with E-state index in [1.807, 2.05) is 0 Å². The minimum Gasteiger partial charge on any atom is -0.462 e. The van der Waals surface area contributed by atoms with Crippen molar-refractivity contribution in [3.8, 4) is 6.07 Å². The summed E-state index contributed by atoms with van der Waals surface area (Å²) in [5, 5.41) is 22.2. The Labute approximate surface area is 152 Å². The van der Waals surface area contributed by atoms with Gasteiger partial charge in [0.2, 0.25) is 5.88 Å². The first-order chi connectivity index (χ1) is 12.3. The highest BCUT2D eigenvalue weighted by molar-refractivity contribution is 6.34. The number of hydrogen-bond acceptors (Lipinski definition) is 7. The molecule has 9 nitrogen and oxygen atoms in total. The quantitative estimate of drug-likeness (QED) is 0.478. The van der Waals surface area contributed by atoms with E-state index in [1.54, 1.807) is 13.0 Å². The number of ether oxygens (including phenoxy) is 1. The maximum atomic E-state index is 12.3. The highest BCUT2D eigenvalue weighted by atomic mass is 35.5. The Morgan fingerprint density at radius 2 is 2.15 bits per heavy atom. The van der Waals surface area contributed by atoms with Gasteiger partial charge in [-0.15, -0.1) is 0 Å². The molecule has 1 aromatic carbocycles. The fourth-order valence-electron chi connectivity index (χ4n) is 2.16. The van der Waals surface area contributed by atoms with Crippen molar-refractivity contribution < 1.29 is 23.7 Å². The van der Waals surface area contributed by atoms with Gasteiger partial charge < -0.3 is 9.15 Å². The van der Waals surface area contributed by atoms with Crippen LogP contribution in [0.1, 0.15) is 39.0 Å². The van der Waals surface area contributed by atoms with Crippen LogP contribution in [0.15, 0.2) is 22.6 Å². The number of carbonyl (C=O) groups is 2. The number of nitriles is 1. The fraction of sp³-hybridized carbons (Fsp3) is 0.188. The minimum absolute atomic E-state index is 0.0621. The molecule has 1 N–H and O–H groups in total. The molecule has 0 radical (unpaired) electrons. The van der Waals surface area contributed by atoms with E-state index in [0.29, 0.717) is 0 Å². The molecule has 26 heavy (non-hydrogen) atoms. The zero-order valence-corrected chi connectivity index (χ0v) is 14.4. The summed E-state index contributed by atoms with van der Waals surface area (Å²) in [6.45, 7) is 3.16. The number of non-ortho nitro benzene ring substituents is 1. The molecular weight excluding hydrogens is 366 g/mol. The Kier molecular flexibility index (Phi) is 5.59. The third kappa shape index (κ3) is 3.65. The van der Waals surface area contributed by atoms with Crippen molar-refractivity contribution in [3.05, 3.63) is 55.8 Å². The van der Waals surface area contributed by atoms with Crippen LogP contribution in [0.25, 0.3) is 0 Å². The summed E-state index contributed by atoms with van der Waals surface area (Å²) in [5.74, 6) is -1.65. The van der Waals surface area contributed by atoms with Crippen LogP contribution in [0.2, 0.25) is 5.02 Å². The molecule has 1 amide bonds. The third-order valence-electron chi connectivity index (χ3n) is 3.31. The van der Waals surface area contributed by atoms with Crippen molar-refractivity contribution in [2.45, 2.75) is 13.8 Å². The van der Waals surface area contributed by atoms with Crippen LogP contribution in [0, 0.1) is 28.4 Å². The van der Waals surface area contributed by atoms with E-state index in [9.17, 15) is 25.0 Å². The van der Waals surface area contributed by atoms with Crippen LogP contribution in [0.3, 0.4) is 0 Å². The number of aryl methyl sites for hydroxylation is 1. The molecule has 1 aromatic heterocycles. The predicted molar refractivity (Wildman–Crippen MR) is 90.2 cm³/mol. The molecule has 134 valence electrons. The Hall–Kier alpha value is -3.38. The van der Waals surface area contributed by atoms with Crippen LogP contribution in [-0.4, -0.2) is 23.4 Å². The Morgan fingerprint density at radius 1 is 1.46 bits per heavy atom. The lowest BCUT2D eigenvalue weighted by atomic mass is 10.1. The molecule has 0 fully saturated rings. The number of furan rings is 1. The number of amides is 1. The van der Waals surface area contributed by atoms with Crippen molar-refractivity contribution >= 4 is 35.0 Å². The molecule has 0 aliphatic heterocycles. The topological polar surface area (TPSA) is 135 Å². The molecule has 0 saturated heterocycles. The first kappa shape index (κ1) is 19.0. The van der Waals surface area contributed by atoms with Gasteiger partial charge in [-0.25, -0.2) is 4.79 Å². The summed E-state index contributed by atoms with van der Waals surface area (Å²) < 4.78 is 10.2. The summed E-state index contributed by atoms with van der Waals surface area (Å²) in [6.07, 6.45) is 0. The molecule has 0 unspecified atom stereocenters. The van der Waals surface area contributed by atoms with Gasteiger partial charge in [0.05, 0.1) is 22.1 Å². The van der Waals surface area contributed by atoms with Gasteiger partial charge in [0.15, 0.2) is 0 Å². The molecule has 10 heteroatoms. The van der Waals surface area contributed by atoms with Gasteiger partial charge in [0, 0.05) is 12.1 Å². The SMILES string of the molecule is CCOC(=O)c1c(C)oc(NC(=O)c2ccc([N+](=O)[O-])cc2Cl)c1C#N. The van der Waals surface area contributed by atoms with Crippen LogP contribution in [-0.2, 0) is 4.74 Å². The first-order valence-corrected chi connectivity index (χ1v) is 7.63. The molecule has 2 rings (SSSR count). The lowest BCUT2D eigenvalue weighted by molar-refractivity contribution is -0.384. The van der Waals surface area contributed by atoms with Gasteiger partial charge in [0.25, 0.3) is 11.6 Å². The number of esters is 1. The van der Waals surface area contributed by atoms with Gasteiger partial charge in [0.1, 0.15) is 23.0 Å². The van der Waals surface area contributed by atoms with Crippen LogP contribution in [0.5, 0.6) is 0 Å². The minimum atomic E-state index is -0.759. The summed E-state index contributed by atoms with van der Waals surface area (Å²) >= 11 is 5.90. The van der Waals surface area contributed by atoms with E-state index in [1.165, 1.54) is 13.0 Å². The van der Waals surface area contributed by atoms with E-state index in [0.717, 1.165) is 12.1 Å². The van der Waals surface area contributed by atoms with E-state index in [2.05, 4.69) is 5.32 Å². The average Bonchev–Trinajstić information content (AvgIpc) is 2.89. The zero-order chi connectivity index (χ0) is 19.4. The maximum absolute atomic E-state index is 12.3. The highest BCUT2D eigenvalue weighted by Gasteiger charge is 2.26. The van der Waals surface area contributed by atoms with E-state index in [-0.39, 0.29) is 45.7 Å². The van der Waals surface area contributed by atoms with Crippen LogP contribution >= 0.6 is 11.6 Å². The second-order valence-corrected chi connectivity index (χ2v) is 5.35. The van der Waals surface area contributed by atoms with Crippen LogP contribution < -0.4 is 5.32 Å². The van der Waals surface area contributed by atoms with Gasteiger partial charge >= 0.3 is 5.97 Å². The summed E-state index contributed by atoms with van der Waals surface area (Å²) in [6, 6.07) is 5.10. The number of anilines is 1. The number of nitrogens with one attached hydrogen (secondary N) is 1. The maximum Gasteiger partial charge on any atom is 0.343 e. The number of halogens is 1. The summed E-state index contributed by atoms with van der Waals surface area (Å²) in [7, 11) is 0. The lowest BCUT2D eigenvalue weighted by Gasteiger charge is -2.05. The van der Waals surface area contributed by atoms with Crippen molar-refractivity contribution in [2.75, 3.05) is 11.9 Å². The lowest BCUT2D eigenvalue weighted by Crippen LogP contribution is -2.13. The second-order valence-electron chi connectivity index (χ2n) is 4.95. The molecule has 1 heterocycles. The monoisotopic (exact) mass is 377 g/mol. The number of rotatable bonds is 5. The van der Waals surface area contributed by atoms with Crippen molar-refractivity contribution in [2.24, 2.45) is 0 Å². The largest absolute Gasteiger partial charge is 0.462 e.